The molecule has 0 amide bonds. The molecular weight excluding hydrogens is 338 g/mol. The molecular formula is C14H10BrN3O3. The maximum Gasteiger partial charge on any atom is 0.433 e. The minimum absolute atomic E-state index is 0.258. The number of anilines is 1. The first-order valence-electron chi connectivity index (χ1n) is 6.15. The second-order valence-corrected chi connectivity index (χ2v) is 5.30. The number of pyridine rings is 1. The summed E-state index contributed by atoms with van der Waals surface area (Å²) >= 11 is 3.39. The van der Waals surface area contributed by atoms with Crippen molar-refractivity contribution < 1.29 is 9.34 Å². The van der Waals surface area contributed by atoms with Crippen LogP contribution in [0.15, 0.2) is 51.5 Å². The Bertz CT molecular complexity index is 816. The first kappa shape index (κ1) is 13.6. The standard InChI is InChI=1S/C14H10BrN3O3/c15-10-6-9-2-1-3-12(14(9)17-7-10)16-8-11-4-5-13(21-11)18(19)20/h1-7,16H,8H2. The highest BCUT2D eigenvalue weighted by molar-refractivity contribution is 9.10. The van der Waals surface area contributed by atoms with E-state index in [2.05, 4.69) is 26.2 Å². The van der Waals surface area contributed by atoms with Gasteiger partial charge in [0, 0.05) is 16.1 Å². The molecule has 0 aliphatic heterocycles. The molecule has 21 heavy (non-hydrogen) atoms. The highest BCUT2D eigenvalue weighted by Crippen LogP contribution is 2.25. The predicted molar refractivity (Wildman–Crippen MR) is 82.1 cm³/mol. The number of para-hydroxylation sites is 1. The van der Waals surface area contributed by atoms with E-state index in [0.29, 0.717) is 12.3 Å². The Labute approximate surface area is 128 Å². The summed E-state index contributed by atoms with van der Waals surface area (Å²) in [5.74, 6) is 0.239. The van der Waals surface area contributed by atoms with Crippen LogP contribution in [-0.4, -0.2) is 9.91 Å². The minimum atomic E-state index is -0.555. The number of nitrogens with zero attached hydrogens (tertiary/aromatic N) is 2. The summed E-state index contributed by atoms with van der Waals surface area (Å²) in [7, 11) is 0. The summed E-state index contributed by atoms with van der Waals surface area (Å²) in [6.07, 6.45) is 1.73. The van der Waals surface area contributed by atoms with Gasteiger partial charge in [0.05, 0.1) is 23.8 Å². The lowest BCUT2D eigenvalue weighted by Crippen LogP contribution is -1.99. The number of rotatable bonds is 4. The minimum Gasteiger partial charge on any atom is -0.404 e. The summed E-state index contributed by atoms with van der Waals surface area (Å²) in [5, 5.41) is 14.8. The average molecular weight is 348 g/mol. The number of hydrogen-bond acceptors (Lipinski definition) is 5. The molecule has 0 saturated carbocycles. The third kappa shape index (κ3) is 2.87. The molecule has 2 heterocycles. The van der Waals surface area contributed by atoms with E-state index >= 15 is 0 Å². The third-order valence-electron chi connectivity index (χ3n) is 2.96. The molecule has 1 aromatic carbocycles. The molecule has 0 spiro atoms. The van der Waals surface area contributed by atoms with Crippen LogP contribution < -0.4 is 5.32 Å². The molecule has 3 rings (SSSR count). The van der Waals surface area contributed by atoms with Crippen LogP contribution in [0.2, 0.25) is 0 Å². The van der Waals surface area contributed by atoms with E-state index in [4.69, 9.17) is 4.42 Å². The molecule has 0 fully saturated rings. The second-order valence-electron chi connectivity index (χ2n) is 4.38. The molecule has 0 saturated heterocycles. The molecule has 0 radical (unpaired) electrons. The largest absolute Gasteiger partial charge is 0.433 e. The number of hydrogen-bond donors (Lipinski definition) is 1. The Hall–Kier alpha value is -2.41. The van der Waals surface area contributed by atoms with E-state index in [0.717, 1.165) is 21.1 Å². The number of aromatic nitrogens is 1. The van der Waals surface area contributed by atoms with Crippen molar-refractivity contribution in [2.24, 2.45) is 0 Å². The zero-order chi connectivity index (χ0) is 14.8. The number of benzene rings is 1. The van der Waals surface area contributed by atoms with Crippen LogP contribution in [0.4, 0.5) is 11.6 Å². The van der Waals surface area contributed by atoms with Gasteiger partial charge in [0.25, 0.3) is 0 Å². The molecule has 106 valence electrons. The van der Waals surface area contributed by atoms with Gasteiger partial charge >= 0.3 is 5.88 Å². The lowest BCUT2D eigenvalue weighted by atomic mass is 10.2. The fourth-order valence-electron chi connectivity index (χ4n) is 2.02. The normalized spacial score (nSPS) is 10.7. The van der Waals surface area contributed by atoms with Crippen molar-refractivity contribution in [3.63, 3.8) is 0 Å². The van der Waals surface area contributed by atoms with Gasteiger partial charge in [-0.2, -0.15) is 0 Å². The number of fused-ring (bicyclic) bond motifs is 1. The van der Waals surface area contributed by atoms with E-state index in [-0.39, 0.29) is 5.88 Å². The Morgan fingerprint density at radius 3 is 2.95 bits per heavy atom. The summed E-state index contributed by atoms with van der Waals surface area (Å²) in [6, 6.07) is 10.7. The first-order chi connectivity index (χ1) is 10.1. The molecule has 0 aliphatic carbocycles. The Morgan fingerprint density at radius 1 is 1.33 bits per heavy atom. The Balaban J connectivity index is 1.83. The quantitative estimate of drug-likeness (QED) is 0.567. The van der Waals surface area contributed by atoms with Crippen molar-refractivity contribution in [1.29, 1.82) is 0 Å². The van der Waals surface area contributed by atoms with Gasteiger partial charge < -0.3 is 9.73 Å². The van der Waals surface area contributed by atoms with E-state index in [9.17, 15) is 10.1 Å². The topological polar surface area (TPSA) is 81.2 Å². The summed E-state index contributed by atoms with van der Waals surface area (Å²) < 4.78 is 6.02. The van der Waals surface area contributed by atoms with Crippen molar-refractivity contribution in [1.82, 2.24) is 4.98 Å². The van der Waals surface area contributed by atoms with E-state index in [1.54, 1.807) is 12.3 Å². The van der Waals surface area contributed by atoms with Crippen molar-refractivity contribution in [3.05, 3.63) is 62.9 Å². The van der Waals surface area contributed by atoms with Crippen LogP contribution in [0.25, 0.3) is 10.9 Å². The van der Waals surface area contributed by atoms with Gasteiger partial charge in [-0.15, -0.1) is 0 Å². The van der Waals surface area contributed by atoms with E-state index in [1.807, 2.05) is 24.3 Å². The van der Waals surface area contributed by atoms with Gasteiger partial charge in [0.1, 0.15) is 10.7 Å². The molecule has 0 atom stereocenters. The van der Waals surface area contributed by atoms with Gasteiger partial charge in [-0.25, -0.2) is 0 Å². The zero-order valence-corrected chi connectivity index (χ0v) is 12.3. The van der Waals surface area contributed by atoms with Crippen LogP contribution in [0.5, 0.6) is 0 Å². The van der Waals surface area contributed by atoms with Crippen LogP contribution in [0.3, 0.4) is 0 Å². The zero-order valence-electron chi connectivity index (χ0n) is 10.7. The fraction of sp³-hybridized carbons (Fsp3) is 0.0714. The lowest BCUT2D eigenvalue weighted by Gasteiger charge is -2.07. The van der Waals surface area contributed by atoms with Crippen molar-refractivity contribution in [2.45, 2.75) is 6.54 Å². The number of nitrogens with one attached hydrogen (secondary N) is 1. The highest BCUT2D eigenvalue weighted by Gasteiger charge is 2.11. The smallest absolute Gasteiger partial charge is 0.404 e. The summed E-state index contributed by atoms with van der Waals surface area (Å²) in [4.78, 5) is 14.4. The average Bonchev–Trinajstić information content (AvgIpc) is 2.93. The third-order valence-corrected chi connectivity index (χ3v) is 3.39. The predicted octanol–water partition coefficient (Wildman–Crippen LogP) is 4.11. The summed E-state index contributed by atoms with van der Waals surface area (Å²) in [5.41, 5.74) is 1.68. The van der Waals surface area contributed by atoms with Gasteiger partial charge in [-0.1, -0.05) is 12.1 Å². The Kier molecular flexibility index (Phi) is 3.57. The number of halogens is 1. The van der Waals surface area contributed by atoms with Crippen molar-refractivity contribution in [3.8, 4) is 0 Å². The van der Waals surface area contributed by atoms with Crippen LogP contribution in [-0.2, 0) is 6.54 Å². The van der Waals surface area contributed by atoms with Gasteiger partial charge in [-0.3, -0.25) is 15.1 Å². The van der Waals surface area contributed by atoms with Crippen LogP contribution in [0, 0.1) is 10.1 Å². The molecule has 2 aromatic heterocycles. The van der Waals surface area contributed by atoms with Gasteiger partial charge in [-0.05, 0) is 34.1 Å². The molecule has 0 unspecified atom stereocenters. The molecule has 0 aliphatic rings. The number of furan rings is 1. The van der Waals surface area contributed by atoms with Gasteiger partial charge in [0.2, 0.25) is 0 Å². The Morgan fingerprint density at radius 2 is 2.19 bits per heavy atom. The molecule has 0 bridgehead atoms. The molecule has 6 nitrogen and oxygen atoms in total. The molecule has 3 aromatic rings. The lowest BCUT2D eigenvalue weighted by molar-refractivity contribution is -0.402. The van der Waals surface area contributed by atoms with E-state index in [1.165, 1.54) is 6.07 Å². The highest BCUT2D eigenvalue weighted by atomic mass is 79.9. The van der Waals surface area contributed by atoms with Crippen molar-refractivity contribution in [2.75, 3.05) is 5.32 Å². The first-order valence-corrected chi connectivity index (χ1v) is 6.94. The number of nitro groups is 1. The SMILES string of the molecule is O=[N+]([O-])c1ccc(CNc2cccc3cc(Br)cnc23)o1. The van der Waals surface area contributed by atoms with Crippen LogP contribution >= 0.6 is 15.9 Å². The van der Waals surface area contributed by atoms with Gasteiger partial charge in [0.15, 0.2) is 0 Å². The maximum absolute atomic E-state index is 10.6. The maximum atomic E-state index is 10.6. The fourth-order valence-corrected chi connectivity index (χ4v) is 2.37. The molecule has 7 heteroatoms. The second kappa shape index (κ2) is 5.53. The molecule has 1 N–H and O–H groups in total. The summed E-state index contributed by atoms with van der Waals surface area (Å²) in [6.45, 7) is 0.352. The van der Waals surface area contributed by atoms with E-state index < -0.39 is 4.92 Å². The van der Waals surface area contributed by atoms with Crippen molar-refractivity contribution >= 4 is 38.4 Å². The van der Waals surface area contributed by atoms with Crippen LogP contribution in [0.1, 0.15) is 5.76 Å². The monoisotopic (exact) mass is 347 g/mol.